The first kappa shape index (κ1) is 22.3. The third kappa shape index (κ3) is 6.57. The molecule has 2 aromatic rings. The smallest absolute Gasteiger partial charge is 0.231 e. The van der Waals surface area contributed by atoms with Crippen molar-refractivity contribution in [3.05, 3.63) is 35.7 Å². The van der Waals surface area contributed by atoms with Crippen LogP contribution in [-0.4, -0.2) is 34.1 Å². The van der Waals surface area contributed by atoms with Gasteiger partial charge in [-0.25, -0.2) is 0 Å². The monoisotopic (exact) mass is 411 g/mol. The number of benzene rings is 1. The second-order valence-corrected chi connectivity index (χ2v) is 8.55. The number of guanidine groups is 1. The van der Waals surface area contributed by atoms with Crippen LogP contribution >= 0.6 is 0 Å². The summed E-state index contributed by atoms with van der Waals surface area (Å²) in [6.45, 7) is 3.77. The third-order valence-electron chi connectivity index (χ3n) is 6.08. The van der Waals surface area contributed by atoms with Crippen LogP contribution in [0.3, 0.4) is 0 Å². The van der Waals surface area contributed by atoms with Gasteiger partial charge in [0.2, 0.25) is 11.7 Å². The first-order chi connectivity index (χ1) is 14.7. The molecule has 1 aromatic heterocycles. The summed E-state index contributed by atoms with van der Waals surface area (Å²) < 4.78 is 5.54. The molecular weight excluding hydrogens is 374 g/mol. The largest absolute Gasteiger partial charge is 0.370 e. The van der Waals surface area contributed by atoms with E-state index in [4.69, 9.17) is 15.7 Å². The third-order valence-corrected chi connectivity index (χ3v) is 6.08. The van der Waals surface area contributed by atoms with Crippen LogP contribution in [0.1, 0.15) is 88.5 Å². The van der Waals surface area contributed by atoms with Crippen LogP contribution in [-0.2, 0) is 6.42 Å². The van der Waals surface area contributed by atoms with Crippen molar-refractivity contribution < 1.29 is 4.52 Å². The molecule has 6 nitrogen and oxygen atoms in total. The van der Waals surface area contributed by atoms with Gasteiger partial charge in [0.1, 0.15) is 0 Å². The molecule has 0 amide bonds. The summed E-state index contributed by atoms with van der Waals surface area (Å²) in [5, 5.41) is 11.8. The van der Waals surface area contributed by atoms with Gasteiger partial charge in [0.15, 0.2) is 5.96 Å². The fourth-order valence-corrected chi connectivity index (χ4v) is 4.20. The molecule has 1 saturated heterocycles. The Morgan fingerprint density at radius 3 is 2.50 bits per heavy atom. The average Bonchev–Trinajstić information content (AvgIpc) is 3.26. The Morgan fingerprint density at radius 2 is 1.80 bits per heavy atom. The number of nitrogens with two attached hydrogens (primary N) is 1. The van der Waals surface area contributed by atoms with Gasteiger partial charge in [0.05, 0.1) is 5.92 Å². The van der Waals surface area contributed by atoms with Crippen molar-refractivity contribution in [2.45, 2.75) is 83.5 Å². The number of piperidine rings is 1. The number of nitrogens with one attached hydrogen (secondary N) is 1. The number of nitrogens with zero attached hydrogens (tertiary/aromatic N) is 3. The molecule has 0 radical (unpaired) electrons. The molecule has 0 spiro atoms. The van der Waals surface area contributed by atoms with Crippen molar-refractivity contribution >= 4 is 5.96 Å². The Bertz CT molecular complexity index is 770. The summed E-state index contributed by atoms with van der Waals surface area (Å²) in [7, 11) is 0. The quantitative estimate of drug-likeness (QED) is 0.290. The molecule has 0 aliphatic carbocycles. The van der Waals surface area contributed by atoms with E-state index in [2.05, 4.69) is 41.3 Å². The first-order valence-electron chi connectivity index (χ1n) is 11.7. The standard InChI is InChI=1S/C24H37N5O/c1-2-3-4-5-6-7-8-9-11-19-13-15-20(16-14-19)22-27-23(30-28-22)21-12-10-17-29(18-21)24(25)26/h13-16,21H,2-12,17-18H2,1H3,(H3,25,26)/t21-/m1/s1. The highest BCUT2D eigenvalue weighted by Crippen LogP contribution is 2.27. The maximum atomic E-state index is 7.64. The van der Waals surface area contributed by atoms with E-state index in [1.807, 2.05) is 4.90 Å². The highest BCUT2D eigenvalue weighted by atomic mass is 16.5. The summed E-state index contributed by atoms with van der Waals surface area (Å²) in [4.78, 5) is 6.50. The maximum absolute atomic E-state index is 7.64. The van der Waals surface area contributed by atoms with Crippen LogP contribution in [0.4, 0.5) is 0 Å². The predicted octanol–water partition coefficient (Wildman–Crippen LogP) is 5.49. The Hall–Kier alpha value is -2.37. The van der Waals surface area contributed by atoms with Crippen LogP contribution in [0.15, 0.2) is 28.8 Å². The van der Waals surface area contributed by atoms with Gasteiger partial charge in [0.25, 0.3) is 0 Å². The molecule has 0 unspecified atom stereocenters. The molecule has 164 valence electrons. The number of rotatable bonds is 11. The Labute approximate surface area is 180 Å². The lowest BCUT2D eigenvalue weighted by molar-refractivity contribution is 0.257. The molecule has 1 aromatic carbocycles. The van der Waals surface area contributed by atoms with Gasteiger partial charge in [0, 0.05) is 18.7 Å². The van der Waals surface area contributed by atoms with Crippen molar-refractivity contribution in [2.75, 3.05) is 13.1 Å². The minimum atomic E-state index is 0.117. The molecule has 1 aliphatic heterocycles. The molecule has 0 bridgehead atoms. The number of hydrogen-bond acceptors (Lipinski definition) is 4. The second-order valence-electron chi connectivity index (χ2n) is 8.55. The Balaban J connectivity index is 1.44. The van der Waals surface area contributed by atoms with Crippen LogP contribution in [0, 0.1) is 5.41 Å². The van der Waals surface area contributed by atoms with Gasteiger partial charge >= 0.3 is 0 Å². The number of aromatic nitrogens is 2. The summed E-state index contributed by atoms with van der Waals surface area (Å²) in [5.74, 6) is 1.55. The van der Waals surface area contributed by atoms with E-state index >= 15 is 0 Å². The van der Waals surface area contributed by atoms with E-state index in [-0.39, 0.29) is 11.9 Å². The van der Waals surface area contributed by atoms with Gasteiger partial charge in [-0.3, -0.25) is 5.41 Å². The zero-order valence-corrected chi connectivity index (χ0v) is 18.4. The highest BCUT2D eigenvalue weighted by molar-refractivity contribution is 5.74. The minimum Gasteiger partial charge on any atom is -0.370 e. The molecule has 1 atom stereocenters. The van der Waals surface area contributed by atoms with Gasteiger partial charge < -0.3 is 15.2 Å². The van der Waals surface area contributed by atoms with Gasteiger partial charge in [-0.05, 0) is 31.2 Å². The van der Waals surface area contributed by atoms with Crippen LogP contribution in [0.5, 0.6) is 0 Å². The zero-order chi connectivity index (χ0) is 21.2. The molecule has 1 fully saturated rings. The lowest BCUT2D eigenvalue weighted by Gasteiger charge is -2.30. The molecule has 2 heterocycles. The van der Waals surface area contributed by atoms with Crippen LogP contribution < -0.4 is 5.73 Å². The maximum Gasteiger partial charge on any atom is 0.231 e. The Morgan fingerprint density at radius 1 is 1.10 bits per heavy atom. The summed E-state index contributed by atoms with van der Waals surface area (Å²) >= 11 is 0. The molecule has 3 N–H and O–H groups in total. The summed E-state index contributed by atoms with van der Waals surface area (Å²) in [5.41, 5.74) is 8.00. The fraction of sp³-hybridized carbons (Fsp3) is 0.625. The van der Waals surface area contributed by atoms with Crippen molar-refractivity contribution in [1.29, 1.82) is 5.41 Å². The number of likely N-dealkylation sites (tertiary alicyclic amines) is 1. The summed E-state index contributed by atoms with van der Waals surface area (Å²) in [6, 6.07) is 8.56. The molecule has 6 heteroatoms. The van der Waals surface area contributed by atoms with E-state index in [9.17, 15) is 0 Å². The average molecular weight is 412 g/mol. The van der Waals surface area contributed by atoms with Crippen molar-refractivity contribution in [3.8, 4) is 11.4 Å². The van der Waals surface area contributed by atoms with E-state index < -0.39 is 0 Å². The van der Waals surface area contributed by atoms with E-state index in [0.717, 1.165) is 31.4 Å². The normalized spacial score (nSPS) is 16.7. The van der Waals surface area contributed by atoms with Crippen LogP contribution in [0.2, 0.25) is 0 Å². The summed E-state index contributed by atoms with van der Waals surface area (Å²) in [6.07, 6.45) is 13.9. The molecule has 30 heavy (non-hydrogen) atoms. The minimum absolute atomic E-state index is 0.117. The molecule has 1 aliphatic rings. The van der Waals surface area contributed by atoms with Crippen LogP contribution in [0.25, 0.3) is 11.4 Å². The fourth-order valence-electron chi connectivity index (χ4n) is 4.20. The van der Waals surface area contributed by atoms with Crippen molar-refractivity contribution in [2.24, 2.45) is 5.73 Å². The van der Waals surface area contributed by atoms with Gasteiger partial charge in [-0.2, -0.15) is 4.98 Å². The highest BCUT2D eigenvalue weighted by Gasteiger charge is 2.26. The number of aryl methyl sites for hydroxylation is 1. The number of unbranched alkanes of at least 4 members (excludes halogenated alkanes) is 7. The van der Waals surface area contributed by atoms with E-state index in [0.29, 0.717) is 18.3 Å². The predicted molar refractivity (Wildman–Crippen MR) is 122 cm³/mol. The molecular formula is C24H37N5O. The molecule has 3 rings (SSSR count). The van der Waals surface area contributed by atoms with E-state index in [1.165, 1.54) is 56.9 Å². The van der Waals surface area contributed by atoms with Crippen molar-refractivity contribution in [3.63, 3.8) is 0 Å². The number of hydrogen-bond donors (Lipinski definition) is 2. The lowest BCUT2D eigenvalue weighted by atomic mass is 9.98. The second kappa shape index (κ2) is 11.7. The molecule has 0 saturated carbocycles. The van der Waals surface area contributed by atoms with Gasteiger partial charge in [-0.1, -0.05) is 81.3 Å². The SMILES string of the molecule is CCCCCCCCCCc1ccc(-c2noc([C@@H]3CCCN(C(=N)N)C3)n2)cc1. The van der Waals surface area contributed by atoms with E-state index in [1.54, 1.807) is 0 Å². The van der Waals surface area contributed by atoms with Crippen molar-refractivity contribution in [1.82, 2.24) is 15.0 Å². The Kier molecular flexibility index (Phi) is 8.72. The lowest BCUT2D eigenvalue weighted by Crippen LogP contribution is -2.42. The first-order valence-corrected chi connectivity index (χ1v) is 11.7. The topological polar surface area (TPSA) is 92.0 Å². The zero-order valence-electron chi connectivity index (χ0n) is 18.4. The van der Waals surface area contributed by atoms with Gasteiger partial charge in [-0.15, -0.1) is 0 Å².